The molecule has 0 heterocycles. The summed E-state index contributed by atoms with van der Waals surface area (Å²) in [5.41, 5.74) is 0.289. The summed E-state index contributed by atoms with van der Waals surface area (Å²) < 4.78 is 0. The van der Waals surface area contributed by atoms with E-state index in [0.717, 1.165) is 57.7 Å². The Kier molecular flexibility index (Phi) is 14.5. The first kappa shape index (κ1) is 20.3. The summed E-state index contributed by atoms with van der Waals surface area (Å²) in [6, 6.07) is 0. The molecule has 0 bridgehead atoms. The highest BCUT2D eigenvalue weighted by molar-refractivity contribution is 5.48. The number of nitrogens with zero attached hydrogens (tertiary/aromatic N) is 1. The van der Waals surface area contributed by atoms with Gasteiger partial charge in [-0.15, -0.1) is 0 Å². The maximum Gasteiger partial charge on any atom is 0.246 e. The largest absolute Gasteiger partial charge is 0.303 e. The van der Waals surface area contributed by atoms with E-state index in [2.05, 4.69) is 19.1 Å². The van der Waals surface area contributed by atoms with E-state index < -0.39 is 0 Å². The van der Waals surface area contributed by atoms with Crippen LogP contribution in [0.4, 0.5) is 0 Å². The van der Waals surface area contributed by atoms with Crippen LogP contribution in [0.15, 0.2) is 36.1 Å². The maximum atomic E-state index is 11.0. The fourth-order valence-electron chi connectivity index (χ4n) is 2.05. The summed E-state index contributed by atoms with van der Waals surface area (Å²) in [4.78, 5) is 20.8. The zero-order valence-electron chi connectivity index (χ0n) is 13.7. The van der Waals surface area contributed by atoms with Crippen LogP contribution >= 0.6 is 0 Å². The summed E-state index contributed by atoms with van der Waals surface area (Å²) in [5, 5.41) is 11.0. The van der Waals surface area contributed by atoms with Gasteiger partial charge in [-0.3, -0.25) is 10.1 Å². The second-order valence-corrected chi connectivity index (χ2v) is 5.26. The lowest BCUT2D eigenvalue weighted by Gasteiger charge is -1.98. The highest BCUT2D eigenvalue weighted by atomic mass is 16.6. The zero-order chi connectivity index (χ0) is 16.5. The molecule has 0 radical (unpaired) electrons. The molecule has 0 rings (SSSR count). The summed E-state index contributed by atoms with van der Waals surface area (Å²) in [6.07, 6.45) is 19.5. The van der Waals surface area contributed by atoms with Crippen molar-refractivity contribution >= 4 is 6.29 Å². The van der Waals surface area contributed by atoms with Gasteiger partial charge in [0, 0.05) is 6.42 Å². The smallest absolute Gasteiger partial charge is 0.246 e. The van der Waals surface area contributed by atoms with Crippen LogP contribution in [0.3, 0.4) is 0 Å². The van der Waals surface area contributed by atoms with Crippen LogP contribution in [-0.2, 0) is 4.79 Å². The lowest BCUT2D eigenvalue weighted by atomic mass is 10.1. The second kappa shape index (κ2) is 15.7. The van der Waals surface area contributed by atoms with Crippen molar-refractivity contribution < 1.29 is 9.72 Å². The maximum absolute atomic E-state index is 11.0. The van der Waals surface area contributed by atoms with Gasteiger partial charge in [0.15, 0.2) is 0 Å². The first-order valence-corrected chi connectivity index (χ1v) is 8.29. The Morgan fingerprint density at radius 1 is 0.955 bits per heavy atom. The van der Waals surface area contributed by atoms with Crippen LogP contribution < -0.4 is 0 Å². The van der Waals surface area contributed by atoms with Crippen molar-refractivity contribution in [1.29, 1.82) is 0 Å². The summed E-state index contributed by atoms with van der Waals surface area (Å²) in [7, 11) is 0. The number of hydrogen-bond donors (Lipinski definition) is 0. The van der Waals surface area contributed by atoms with Crippen molar-refractivity contribution in [1.82, 2.24) is 0 Å². The van der Waals surface area contributed by atoms with E-state index in [-0.39, 0.29) is 10.6 Å². The van der Waals surface area contributed by atoms with Crippen molar-refractivity contribution in [2.45, 2.75) is 71.1 Å². The first-order chi connectivity index (χ1) is 10.7. The number of unbranched alkanes of at least 4 members (excludes halogenated alkanes) is 6. The summed E-state index contributed by atoms with van der Waals surface area (Å²) in [5.74, 6) is 0. The lowest BCUT2D eigenvalue weighted by Crippen LogP contribution is -1.97. The van der Waals surface area contributed by atoms with E-state index in [1.54, 1.807) is 6.08 Å². The molecule has 124 valence electrons. The van der Waals surface area contributed by atoms with E-state index >= 15 is 0 Å². The van der Waals surface area contributed by atoms with Gasteiger partial charge in [-0.25, -0.2) is 0 Å². The molecule has 0 N–H and O–H groups in total. The molecule has 0 atom stereocenters. The third kappa shape index (κ3) is 13.3. The molecule has 0 spiro atoms. The SMILES string of the molecule is CC/C=C\C/C=C\C/C(=C\CCCCCCCC=O)[N+](=O)[O-]. The minimum absolute atomic E-state index is 0.281. The molecule has 22 heavy (non-hydrogen) atoms. The minimum Gasteiger partial charge on any atom is -0.303 e. The molecular weight excluding hydrogens is 278 g/mol. The Hall–Kier alpha value is -1.71. The Labute approximate surface area is 134 Å². The summed E-state index contributed by atoms with van der Waals surface area (Å²) in [6.45, 7) is 2.08. The Balaban J connectivity index is 3.89. The fraction of sp³-hybridized carbons (Fsp3) is 0.611. The molecule has 0 aliphatic carbocycles. The van der Waals surface area contributed by atoms with Gasteiger partial charge in [-0.1, -0.05) is 50.5 Å². The van der Waals surface area contributed by atoms with E-state index in [4.69, 9.17) is 0 Å². The average molecular weight is 307 g/mol. The molecule has 0 saturated heterocycles. The van der Waals surface area contributed by atoms with Gasteiger partial charge in [0.2, 0.25) is 5.70 Å². The normalized spacial score (nSPS) is 12.3. The zero-order valence-corrected chi connectivity index (χ0v) is 13.7. The highest BCUT2D eigenvalue weighted by Crippen LogP contribution is 2.11. The number of allylic oxidation sites excluding steroid dienone is 5. The third-order valence-electron chi connectivity index (χ3n) is 3.31. The highest BCUT2D eigenvalue weighted by Gasteiger charge is 2.06. The van der Waals surface area contributed by atoms with Gasteiger partial charge in [-0.05, 0) is 38.2 Å². The second-order valence-electron chi connectivity index (χ2n) is 5.26. The fourth-order valence-corrected chi connectivity index (χ4v) is 2.05. The van der Waals surface area contributed by atoms with Crippen LogP contribution in [-0.4, -0.2) is 11.2 Å². The Morgan fingerprint density at radius 3 is 2.23 bits per heavy atom. The van der Waals surface area contributed by atoms with E-state index in [1.807, 2.05) is 12.2 Å². The summed E-state index contributed by atoms with van der Waals surface area (Å²) >= 11 is 0. The van der Waals surface area contributed by atoms with Crippen molar-refractivity contribution in [3.05, 3.63) is 46.2 Å². The number of nitro groups is 1. The van der Waals surface area contributed by atoms with Crippen LogP contribution in [0.1, 0.15) is 71.1 Å². The molecule has 0 aromatic carbocycles. The number of rotatable bonds is 14. The molecule has 0 aromatic rings. The van der Waals surface area contributed by atoms with Gasteiger partial charge < -0.3 is 4.79 Å². The Bertz CT molecular complexity index is 384. The molecule has 0 unspecified atom stereocenters. The topological polar surface area (TPSA) is 60.2 Å². The standard InChI is InChI=1S/C18H29NO3/c1-2-3-4-5-9-12-15-18(19(21)22)16-13-10-7-6-8-11-14-17-20/h3-4,9,12,16-17H,2,5-8,10-11,13-15H2,1H3/b4-3-,12-9-,18-16+. The first-order valence-electron chi connectivity index (χ1n) is 8.29. The van der Waals surface area contributed by atoms with Crippen LogP contribution in [0.25, 0.3) is 0 Å². The minimum atomic E-state index is -0.281. The molecule has 0 amide bonds. The van der Waals surface area contributed by atoms with E-state index in [9.17, 15) is 14.9 Å². The molecule has 0 aliphatic rings. The molecule has 0 saturated carbocycles. The van der Waals surface area contributed by atoms with E-state index in [1.165, 1.54) is 0 Å². The molecule has 0 aromatic heterocycles. The van der Waals surface area contributed by atoms with Gasteiger partial charge >= 0.3 is 0 Å². The predicted octanol–water partition coefficient (Wildman–Crippen LogP) is 5.38. The molecule has 4 heteroatoms. The van der Waals surface area contributed by atoms with Crippen LogP contribution in [0.5, 0.6) is 0 Å². The van der Waals surface area contributed by atoms with Crippen LogP contribution in [0.2, 0.25) is 0 Å². The third-order valence-corrected chi connectivity index (χ3v) is 3.31. The van der Waals surface area contributed by atoms with Crippen molar-refractivity contribution in [2.75, 3.05) is 0 Å². The predicted molar refractivity (Wildman–Crippen MR) is 91.3 cm³/mol. The van der Waals surface area contributed by atoms with Gasteiger partial charge in [-0.2, -0.15) is 0 Å². The molecule has 4 nitrogen and oxygen atoms in total. The van der Waals surface area contributed by atoms with Gasteiger partial charge in [0.05, 0.1) is 11.3 Å². The van der Waals surface area contributed by atoms with Crippen molar-refractivity contribution in [2.24, 2.45) is 0 Å². The van der Waals surface area contributed by atoms with Crippen molar-refractivity contribution in [3.63, 3.8) is 0 Å². The van der Waals surface area contributed by atoms with E-state index in [0.29, 0.717) is 12.8 Å². The number of aldehydes is 1. The van der Waals surface area contributed by atoms with Crippen LogP contribution in [0, 0.1) is 10.1 Å². The molecule has 0 fully saturated rings. The number of hydrogen-bond acceptors (Lipinski definition) is 3. The quantitative estimate of drug-likeness (QED) is 0.142. The van der Waals surface area contributed by atoms with Gasteiger partial charge in [0.25, 0.3) is 0 Å². The lowest BCUT2D eigenvalue weighted by molar-refractivity contribution is -0.427. The average Bonchev–Trinajstić information content (AvgIpc) is 2.50. The molecule has 0 aliphatic heterocycles. The number of carbonyl (C=O) groups is 1. The molecular formula is C18H29NO3. The Morgan fingerprint density at radius 2 is 1.59 bits per heavy atom. The van der Waals surface area contributed by atoms with Gasteiger partial charge in [0.1, 0.15) is 6.29 Å². The number of carbonyl (C=O) groups excluding carboxylic acids is 1. The monoisotopic (exact) mass is 307 g/mol. The van der Waals surface area contributed by atoms with Crippen molar-refractivity contribution in [3.8, 4) is 0 Å².